The number of rotatable bonds is 23. The zero-order chi connectivity index (χ0) is 54.9. The highest BCUT2D eigenvalue weighted by atomic mass is 16.4. The zero-order valence-electron chi connectivity index (χ0n) is 42.6. The fourth-order valence-electron chi connectivity index (χ4n) is 9.42. The Bertz CT molecular complexity index is 2460. The number of aromatic hydroxyl groups is 2. The van der Waals surface area contributed by atoms with E-state index in [1.165, 1.54) is 20.8 Å². The molecule has 1 aromatic heterocycles. The molecular formula is C50H70N10O15. The van der Waals surface area contributed by atoms with Gasteiger partial charge in [0.2, 0.25) is 17.6 Å². The van der Waals surface area contributed by atoms with E-state index in [0.717, 1.165) is 5.56 Å². The van der Waals surface area contributed by atoms with Crippen LogP contribution in [0.25, 0.3) is 17.1 Å². The molecule has 0 bridgehead atoms. The Morgan fingerprint density at radius 3 is 1.71 bits per heavy atom. The van der Waals surface area contributed by atoms with Crippen molar-refractivity contribution in [2.24, 2.45) is 5.92 Å². The van der Waals surface area contributed by atoms with Gasteiger partial charge < -0.3 is 51.3 Å². The summed E-state index contributed by atoms with van der Waals surface area (Å²) in [4.78, 5) is 107. The molecule has 2 unspecified atom stereocenters. The molecule has 25 nitrogen and oxygen atoms in total. The summed E-state index contributed by atoms with van der Waals surface area (Å²) in [5, 5.41) is 83.8. The van der Waals surface area contributed by atoms with E-state index in [1.807, 2.05) is 38.1 Å². The van der Waals surface area contributed by atoms with Crippen LogP contribution in [0.2, 0.25) is 0 Å². The van der Waals surface area contributed by atoms with Gasteiger partial charge in [-0.25, -0.2) is 4.79 Å². The van der Waals surface area contributed by atoms with Crippen molar-refractivity contribution in [3.63, 3.8) is 0 Å². The first kappa shape index (κ1) is 58.7. The van der Waals surface area contributed by atoms with Crippen molar-refractivity contribution in [1.29, 1.82) is 0 Å². The first-order chi connectivity index (χ1) is 35.6. The third-order valence-electron chi connectivity index (χ3n) is 13.5. The monoisotopic (exact) mass is 1050 g/mol. The SMILES string of the molecule is CCNC(=O)c1nnc(-c2cc(C(C)C)c(O)cc2O)n1-c1ccc(CC2CCN(C(=O)CCC(NC(=O)CCC(C(=O)O)N3CCN(CC(=O)O)CCN(CC(=O)O)CCN(CC(=O)O)CC3)C(=O)O)CC2)cc1. The Labute approximate surface area is 433 Å². The largest absolute Gasteiger partial charge is 0.508 e. The molecule has 75 heavy (non-hydrogen) atoms. The Morgan fingerprint density at radius 1 is 0.667 bits per heavy atom. The molecule has 2 aliphatic heterocycles. The van der Waals surface area contributed by atoms with Crippen molar-refractivity contribution >= 4 is 47.6 Å². The lowest BCUT2D eigenvalue weighted by Gasteiger charge is -2.35. The summed E-state index contributed by atoms with van der Waals surface area (Å²) in [6, 6.07) is 7.62. The second kappa shape index (κ2) is 27.9. The van der Waals surface area contributed by atoms with E-state index in [0.29, 0.717) is 50.1 Å². The molecule has 2 aliphatic rings. The summed E-state index contributed by atoms with van der Waals surface area (Å²) in [6.07, 6.45) is 0.951. The maximum atomic E-state index is 13.4. The number of carboxylic acid groups (broad SMARTS) is 5. The lowest BCUT2D eigenvalue weighted by atomic mass is 9.90. The minimum absolute atomic E-state index is 0.000495. The predicted molar refractivity (Wildman–Crippen MR) is 268 cm³/mol. The quantitative estimate of drug-likeness (QED) is 0.0641. The van der Waals surface area contributed by atoms with Gasteiger partial charge >= 0.3 is 29.8 Å². The van der Waals surface area contributed by atoms with Crippen LogP contribution in [0.3, 0.4) is 0 Å². The van der Waals surface area contributed by atoms with Crippen LogP contribution in [0.15, 0.2) is 36.4 Å². The fourth-order valence-corrected chi connectivity index (χ4v) is 9.42. The van der Waals surface area contributed by atoms with Crippen molar-refractivity contribution in [3.8, 4) is 28.6 Å². The van der Waals surface area contributed by atoms with Gasteiger partial charge in [0.25, 0.3) is 5.91 Å². The number of benzene rings is 2. The molecular weight excluding hydrogens is 981 g/mol. The average Bonchev–Trinajstić information content (AvgIpc) is 3.78. The fraction of sp³-hybridized carbons (Fsp3) is 0.560. The number of hydrogen-bond donors (Lipinski definition) is 9. The molecule has 25 heteroatoms. The minimum atomic E-state index is -1.45. The van der Waals surface area contributed by atoms with Gasteiger partial charge in [-0.05, 0) is 80.2 Å². The highest BCUT2D eigenvalue weighted by Crippen LogP contribution is 2.38. The Kier molecular flexibility index (Phi) is 21.8. The molecule has 2 saturated heterocycles. The van der Waals surface area contributed by atoms with Crippen LogP contribution < -0.4 is 10.6 Å². The number of phenols is 2. The van der Waals surface area contributed by atoms with Crippen molar-refractivity contribution in [3.05, 3.63) is 53.3 Å². The molecule has 2 aromatic carbocycles. The Morgan fingerprint density at radius 2 is 1.21 bits per heavy atom. The van der Waals surface area contributed by atoms with Crippen molar-refractivity contribution in [2.75, 3.05) is 91.6 Å². The molecule has 3 aromatic rings. The molecule has 0 aliphatic carbocycles. The molecule has 0 radical (unpaired) electrons. The normalized spacial score (nSPS) is 16.8. The zero-order valence-corrected chi connectivity index (χ0v) is 42.6. The maximum Gasteiger partial charge on any atom is 0.326 e. The second-order valence-electron chi connectivity index (χ2n) is 19.3. The standard InChI is InChI=1S/C50H70N10O15/c1-4-51-48(71)47-54-53-46(36-26-35(31(2)3)39(61)27-40(36)62)60(47)34-7-5-32(6-8-34)25-33-13-15-59(16-14-33)42(64)12-9-37(49(72)73)52-41(63)11-10-38(50(74)75)58-23-21-56(29-44(67)68)19-17-55(28-43(65)66)18-20-57(22-24-58)30-45(69)70/h5-8,26-27,31,33,37-38,61-62H,4,9-25,28-30H2,1-3H3,(H,51,71)(H,52,63)(H,65,66)(H,67,68)(H,69,70)(H,72,73)(H,74,75). The number of aromatic nitrogens is 3. The second-order valence-corrected chi connectivity index (χ2v) is 19.3. The lowest BCUT2D eigenvalue weighted by Crippen LogP contribution is -2.52. The van der Waals surface area contributed by atoms with Crippen LogP contribution in [0.4, 0.5) is 0 Å². The number of aliphatic carboxylic acids is 5. The Hall–Kier alpha value is -7.22. The highest BCUT2D eigenvalue weighted by Gasteiger charge is 2.31. The van der Waals surface area contributed by atoms with Gasteiger partial charge in [0.15, 0.2) is 5.82 Å². The summed E-state index contributed by atoms with van der Waals surface area (Å²) in [5.41, 5.74) is 2.43. The first-order valence-electron chi connectivity index (χ1n) is 25.1. The number of likely N-dealkylation sites (tertiary alicyclic amines) is 1. The number of piperidine rings is 1. The molecule has 3 amide bonds. The molecule has 410 valence electrons. The van der Waals surface area contributed by atoms with Crippen LogP contribution in [-0.4, -0.2) is 226 Å². The number of carbonyl (C=O) groups excluding carboxylic acids is 3. The van der Waals surface area contributed by atoms with Crippen LogP contribution in [0.1, 0.15) is 87.0 Å². The lowest BCUT2D eigenvalue weighted by molar-refractivity contribution is -0.146. The molecule has 9 N–H and O–H groups in total. The van der Waals surface area contributed by atoms with E-state index in [4.69, 9.17) is 0 Å². The van der Waals surface area contributed by atoms with E-state index in [2.05, 4.69) is 20.8 Å². The smallest absolute Gasteiger partial charge is 0.326 e. The number of phenolic OH excluding ortho intramolecular Hbond substituents is 2. The highest BCUT2D eigenvalue weighted by molar-refractivity contribution is 5.92. The minimum Gasteiger partial charge on any atom is -0.508 e. The maximum absolute atomic E-state index is 13.4. The predicted octanol–water partition coefficient (Wildman–Crippen LogP) is 1.06. The van der Waals surface area contributed by atoms with Gasteiger partial charge in [-0.3, -0.25) is 57.7 Å². The van der Waals surface area contributed by atoms with E-state index >= 15 is 0 Å². The van der Waals surface area contributed by atoms with Crippen LogP contribution >= 0.6 is 0 Å². The molecule has 2 atom stereocenters. The van der Waals surface area contributed by atoms with E-state index < -0.39 is 73.3 Å². The van der Waals surface area contributed by atoms with Crippen molar-refractivity contribution in [1.82, 2.24) is 49.9 Å². The summed E-state index contributed by atoms with van der Waals surface area (Å²) in [5.74, 6) is -7.55. The van der Waals surface area contributed by atoms with Crippen LogP contribution in [-0.2, 0) is 40.0 Å². The third kappa shape index (κ3) is 17.4. The van der Waals surface area contributed by atoms with Crippen molar-refractivity contribution < 1.29 is 74.1 Å². The molecule has 0 saturated carbocycles. The van der Waals surface area contributed by atoms with E-state index in [1.54, 1.807) is 27.4 Å². The summed E-state index contributed by atoms with van der Waals surface area (Å²) in [7, 11) is 0. The summed E-state index contributed by atoms with van der Waals surface area (Å²) >= 11 is 0. The summed E-state index contributed by atoms with van der Waals surface area (Å²) < 4.78 is 1.55. The van der Waals surface area contributed by atoms with Gasteiger partial charge in [0.1, 0.15) is 23.6 Å². The van der Waals surface area contributed by atoms with Gasteiger partial charge in [0, 0.05) is 96.6 Å². The number of nitrogens with zero attached hydrogens (tertiary/aromatic N) is 8. The average molecular weight is 1050 g/mol. The topological polar surface area (TPSA) is 349 Å². The number of amides is 3. The number of nitrogens with one attached hydrogen (secondary N) is 2. The number of carbonyl (C=O) groups is 8. The molecule has 5 rings (SSSR count). The van der Waals surface area contributed by atoms with Gasteiger partial charge in [0.05, 0.1) is 25.2 Å². The number of hydrogen-bond acceptors (Lipinski definition) is 16. The number of carboxylic acids is 5. The van der Waals surface area contributed by atoms with Crippen LogP contribution in [0, 0.1) is 5.92 Å². The van der Waals surface area contributed by atoms with Gasteiger partial charge in [-0.15, -0.1) is 10.2 Å². The van der Waals surface area contributed by atoms with Gasteiger partial charge in [-0.2, -0.15) is 0 Å². The van der Waals surface area contributed by atoms with Gasteiger partial charge in [-0.1, -0.05) is 26.0 Å². The van der Waals surface area contributed by atoms with Crippen molar-refractivity contribution in [2.45, 2.75) is 83.7 Å². The third-order valence-corrected chi connectivity index (χ3v) is 13.5. The Balaban J connectivity index is 1.15. The molecule has 3 heterocycles. The van der Waals surface area contributed by atoms with E-state index in [9.17, 15) is 74.1 Å². The van der Waals surface area contributed by atoms with E-state index in [-0.39, 0.29) is 125 Å². The molecule has 0 spiro atoms. The van der Waals surface area contributed by atoms with Crippen LogP contribution in [0.5, 0.6) is 11.5 Å². The molecule has 2 fully saturated rings. The first-order valence-corrected chi connectivity index (χ1v) is 25.1. The summed E-state index contributed by atoms with van der Waals surface area (Å²) in [6.45, 7) is 6.24.